The summed E-state index contributed by atoms with van der Waals surface area (Å²) in [6.07, 6.45) is -24.7. The molecule has 0 amide bonds. The second kappa shape index (κ2) is 14.2. The Kier molecular flexibility index (Phi) is 12.0. The van der Waals surface area contributed by atoms with Gasteiger partial charge in [-0.15, -0.1) is 0 Å². The van der Waals surface area contributed by atoms with Crippen molar-refractivity contribution in [2.24, 2.45) is 0 Å². The fraction of sp³-hybridized carbons (Fsp3) is 1.00. The molecule has 20 heteroatoms. The van der Waals surface area contributed by atoms with Crippen LogP contribution in [0, 0.1) is 0 Å². The maximum absolute atomic E-state index is 11.1. The van der Waals surface area contributed by atoms with Crippen LogP contribution < -0.4 is 0 Å². The molecule has 40 heavy (non-hydrogen) atoms. The molecule has 9 N–H and O–H groups in total. The summed E-state index contributed by atoms with van der Waals surface area (Å²) in [6.45, 7) is -2.52. The van der Waals surface area contributed by atoms with Crippen molar-refractivity contribution >= 4 is 10.4 Å². The quantitative estimate of drug-likeness (QED) is 0.0980. The van der Waals surface area contributed by atoms with Gasteiger partial charge in [-0.25, -0.2) is 4.18 Å². The van der Waals surface area contributed by atoms with E-state index in [2.05, 4.69) is 4.18 Å². The zero-order valence-corrected chi connectivity index (χ0v) is 22.1. The molecule has 7 unspecified atom stereocenters. The fourth-order valence-electron chi connectivity index (χ4n) is 4.64. The number of hydrogen-bond acceptors (Lipinski definition) is 18. The Morgan fingerprint density at radius 3 is 1.55 bits per heavy atom. The van der Waals surface area contributed by atoms with Gasteiger partial charge in [0.25, 0.3) is 0 Å². The van der Waals surface area contributed by atoms with Crippen molar-refractivity contribution in [2.45, 2.75) is 92.1 Å². The third-order valence-corrected chi connectivity index (χ3v) is 7.19. The lowest BCUT2D eigenvalue weighted by Crippen LogP contribution is -2.67. The predicted molar refractivity (Wildman–Crippen MR) is 121 cm³/mol. The van der Waals surface area contributed by atoms with Gasteiger partial charge >= 0.3 is 10.4 Å². The number of aliphatic hydroxyl groups is 8. The molecule has 3 rings (SSSR count). The molecular weight excluding hydrogens is 576 g/mol. The van der Waals surface area contributed by atoms with Gasteiger partial charge in [0.2, 0.25) is 0 Å². The maximum Gasteiger partial charge on any atom is 0.397 e. The van der Waals surface area contributed by atoms with Gasteiger partial charge in [-0.05, 0) is 0 Å². The average Bonchev–Trinajstić information content (AvgIpc) is 2.90. The van der Waals surface area contributed by atoms with E-state index in [9.17, 15) is 49.3 Å². The molecule has 3 fully saturated rings. The van der Waals surface area contributed by atoms with Gasteiger partial charge < -0.3 is 74.0 Å². The van der Waals surface area contributed by atoms with Crippen LogP contribution in [0.5, 0.6) is 0 Å². The second-order valence-electron chi connectivity index (χ2n) is 9.29. The first-order valence-corrected chi connectivity index (χ1v) is 13.4. The van der Waals surface area contributed by atoms with E-state index in [4.69, 9.17) is 37.7 Å². The third-order valence-electron chi connectivity index (χ3n) is 6.75. The fourth-order valence-corrected chi connectivity index (χ4v) is 4.94. The molecule has 0 saturated carbocycles. The van der Waals surface area contributed by atoms with E-state index in [1.54, 1.807) is 0 Å². The smallest absolute Gasteiger partial charge is 0.394 e. The molecule has 3 saturated heterocycles. The molecule has 0 aliphatic carbocycles. The van der Waals surface area contributed by atoms with Crippen molar-refractivity contribution in [3.8, 4) is 0 Å². The minimum absolute atomic E-state index is 0.713. The number of rotatable bonds is 11. The highest BCUT2D eigenvalue weighted by Crippen LogP contribution is 2.33. The lowest BCUT2D eigenvalue weighted by Gasteiger charge is -2.48. The SMILES string of the molecule is CO[C@@H]1OC(COS(=O)(=O)O)[C@@H](O[C@@H]2OC(CO)[C@H](O)[C@H](O[C@@H]3OC(CO)[C@H](O)[C@H](OC)C3O)C2O)C(O)C1O. The summed E-state index contributed by atoms with van der Waals surface area (Å²) in [5.74, 6) is 0. The first kappa shape index (κ1) is 33.8. The van der Waals surface area contributed by atoms with Gasteiger partial charge in [-0.2, -0.15) is 8.42 Å². The Morgan fingerprint density at radius 2 is 1.07 bits per heavy atom. The molecule has 3 aliphatic rings. The van der Waals surface area contributed by atoms with Crippen molar-refractivity contribution in [3.05, 3.63) is 0 Å². The van der Waals surface area contributed by atoms with E-state index in [1.807, 2.05) is 0 Å². The van der Waals surface area contributed by atoms with E-state index in [0.29, 0.717) is 0 Å². The summed E-state index contributed by atoms with van der Waals surface area (Å²) in [7, 11) is -2.70. The monoisotopic (exact) mass is 612 g/mol. The molecule has 0 aromatic heterocycles. The normalized spacial score (nSPS) is 46.8. The minimum Gasteiger partial charge on any atom is -0.394 e. The minimum atomic E-state index is -4.98. The highest BCUT2D eigenvalue weighted by molar-refractivity contribution is 7.80. The van der Waals surface area contributed by atoms with Gasteiger partial charge in [-0.1, -0.05) is 0 Å². The molecule has 0 aromatic carbocycles. The van der Waals surface area contributed by atoms with E-state index >= 15 is 0 Å². The summed E-state index contributed by atoms with van der Waals surface area (Å²) in [6, 6.07) is 0. The molecule has 3 heterocycles. The highest BCUT2D eigenvalue weighted by atomic mass is 32.3. The Balaban J connectivity index is 1.83. The van der Waals surface area contributed by atoms with Crippen molar-refractivity contribution in [1.29, 1.82) is 0 Å². The van der Waals surface area contributed by atoms with Crippen molar-refractivity contribution in [1.82, 2.24) is 0 Å². The van der Waals surface area contributed by atoms with Crippen LogP contribution >= 0.6 is 0 Å². The average molecular weight is 613 g/mol. The van der Waals surface area contributed by atoms with E-state index in [-0.39, 0.29) is 0 Å². The Bertz CT molecular complexity index is 893. The second-order valence-corrected chi connectivity index (χ2v) is 10.4. The number of hydrogen-bond donors (Lipinski definition) is 9. The predicted octanol–water partition coefficient (Wildman–Crippen LogP) is -6.44. The number of methoxy groups -OCH3 is 2. The maximum atomic E-state index is 11.1. The van der Waals surface area contributed by atoms with Crippen molar-refractivity contribution in [3.63, 3.8) is 0 Å². The van der Waals surface area contributed by atoms with E-state index in [1.165, 1.54) is 7.11 Å². The summed E-state index contributed by atoms with van der Waals surface area (Å²) in [4.78, 5) is 0. The molecule has 19 nitrogen and oxygen atoms in total. The first-order valence-electron chi connectivity index (χ1n) is 12.0. The highest BCUT2D eigenvalue weighted by Gasteiger charge is 2.54. The molecule has 236 valence electrons. The number of ether oxygens (including phenoxy) is 7. The van der Waals surface area contributed by atoms with Crippen LogP contribution in [0.25, 0.3) is 0 Å². The van der Waals surface area contributed by atoms with Gasteiger partial charge in [0.05, 0.1) is 19.8 Å². The van der Waals surface area contributed by atoms with Gasteiger partial charge in [0.15, 0.2) is 18.9 Å². The molecule has 0 bridgehead atoms. The molecule has 0 spiro atoms. The van der Waals surface area contributed by atoms with Crippen molar-refractivity contribution in [2.75, 3.05) is 34.0 Å². The van der Waals surface area contributed by atoms with Gasteiger partial charge in [0.1, 0.15) is 73.2 Å². The summed E-state index contributed by atoms with van der Waals surface area (Å²) >= 11 is 0. The standard InChI is InChI=1S/C20H36O19S/c1-32-16-9(23)6(3-21)35-19(13(16)27)39-17-10(24)7(4-22)36-20(14(17)28)38-15-8(5-34-40(29,30)31)37-18(33-2)12(26)11(15)25/h6-28H,3-5H2,1-2H3,(H,29,30,31)/t6?,7?,8?,9-,10-,11?,12?,13?,14?,15+,16-,17-,18+,19-,20-/m0/s1. The number of aliphatic hydroxyl groups excluding tert-OH is 8. The first-order chi connectivity index (χ1) is 18.8. The van der Waals surface area contributed by atoms with E-state index < -0.39 is 122 Å². The Labute approximate surface area is 228 Å². The topological polar surface area (TPSA) is 290 Å². The van der Waals surface area contributed by atoms with Crippen LogP contribution in [0.2, 0.25) is 0 Å². The lowest BCUT2D eigenvalue weighted by atomic mass is 9.96. The molecule has 0 aromatic rings. The molecular formula is C20H36O19S. The Morgan fingerprint density at radius 1 is 0.600 bits per heavy atom. The zero-order chi connectivity index (χ0) is 29.9. The molecule has 0 radical (unpaired) electrons. The van der Waals surface area contributed by atoms with E-state index in [0.717, 1.165) is 7.11 Å². The zero-order valence-electron chi connectivity index (χ0n) is 21.3. The van der Waals surface area contributed by atoms with Crippen LogP contribution in [0.3, 0.4) is 0 Å². The molecule has 3 aliphatic heterocycles. The summed E-state index contributed by atoms with van der Waals surface area (Å²) in [5, 5.41) is 82.7. The van der Waals surface area contributed by atoms with Crippen LogP contribution in [0.15, 0.2) is 0 Å². The van der Waals surface area contributed by atoms with Crippen LogP contribution in [0.1, 0.15) is 0 Å². The van der Waals surface area contributed by atoms with Crippen LogP contribution in [0.4, 0.5) is 0 Å². The largest absolute Gasteiger partial charge is 0.397 e. The molecule has 15 atom stereocenters. The summed E-state index contributed by atoms with van der Waals surface area (Å²) < 4.78 is 72.7. The summed E-state index contributed by atoms with van der Waals surface area (Å²) in [5.41, 5.74) is 0. The van der Waals surface area contributed by atoms with Crippen LogP contribution in [-0.4, -0.2) is 180 Å². The van der Waals surface area contributed by atoms with Crippen molar-refractivity contribution < 1.29 is 91.2 Å². The van der Waals surface area contributed by atoms with Crippen LogP contribution in [-0.2, 0) is 47.7 Å². The lowest BCUT2D eigenvalue weighted by molar-refractivity contribution is -0.380. The van der Waals surface area contributed by atoms with Gasteiger partial charge in [-0.3, -0.25) is 4.55 Å². The third kappa shape index (κ3) is 7.42. The Hall–Kier alpha value is -0.730. The van der Waals surface area contributed by atoms with Gasteiger partial charge in [0, 0.05) is 14.2 Å².